The Kier molecular flexibility index (Phi) is 5.54. The molecule has 0 radical (unpaired) electrons. The average Bonchev–Trinajstić information content (AvgIpc) is 2.40. The Balaban J connectivity index is 0.000000492. The lowest BCUT2D eigenvalue weighted by Crippen LogP contribution is -2.30. The summed E-state index contributed by atoms with van der Waals surface area (Å²) in [5, 5.41) is 9.07. The van der Waals surface area contributed by atoms with Crippen LogP contribution < -0.4 is 9.81 Å². The molecule has 1 aliphatic rings. The molecule has 6 heteroatoms. The van der Waals surface area contributed by atoms with Crippen LogP contribution in [0.25, 0.3) is 0 Å². The molecule has 1 aromatic rings. The molecule has 1 aromatic carbocycles. The highest BCUT2D eigenvalue weighted by Crippen LogP contribution is 2.23. The van der Waals surface area contributed by atoms with Crippen LogP contribution in [0.5, 0.6) is 0 Å². The van der Waals surface area contributed by atoms with Crippen LogP contribution in [0.15, 0.2) is 24.3 Å². The summed E-state index contributed by atoms with van der Waals surface area (Å²) >= 11 is 0. The minimum atomic E-state index is -0.837. The van der Waals surface area contributed by atoms with E-state index in [1.807, 2.05) is 17.0 Å². The van der Waals surface area contributed by atoms with Gasteiger partial charge in [0, 0.05) is 13.1 Å². The molecule has 96 valence electrons. The summed E-state index contributed by atoms with van der Waals surface area (Å²) in [6, 6.07) is 7.24. The molecule has 0 aliphatic carbocycles. The first-order chi connectivity index (χ1) is 8.70. The Morgan fingerprint density at radius 2 is 1.72 bits per heavy atom. The summed E-state index contributed by atoms with van der Waals surface area (Å²) in [6.45, 7) is 1.95. The van der Waals surface area contributed by atoms with Gasteiger partial charge in [-0.05, 0) is 31.4 Å². The van der Waals surface area contributed by atoms with Gasteiger partial charge in [0.1, 0.15) is 11.1 Å². The molecular weight excluding hydrogens is 232 g/mol. The molecule has 0 unspecified atom stereocenters. The highest BCUT2D eigenvalue weighted by Gasteiger charge is 2.16. The molecule has 1 fully saturated rings. The first-order valence-corrected chi connectivity index (χ1v) is 5.81. The second-order valence-corrected chi connectivity index (χ2v) is 3.98. The summed E-state index contributed by atoms with van der Waals surface area (Å²) in [7, 11) is 0. The highest BCUT2D eigenvalue weighted by atomic mass is 16.4. The van der Waals surface area contributed by atoms with E-state index in [0.717, 1.165) is 31.6 Å². The monoisotopic (exact) mass is 249 g/mol. The van der Waals surface area contributed by atoms with Gasteiger partial charge in [0.15, 0.2) is 0 Å². The van der Waals surface area contributed by atoms with Gasteiger partial charge in [-0.1, -0.05) is 12.1 Å². The second kappa shape index (κ2) is 7.19. The summed E-state index contributed by atoms with van der Waals surface area (Å²) in [4.78, 5) is 15.2. The number of carboxylic acids is 1. The number of para-hydroxylation sites is 1. The molecule has 0 spiro atoms. The van der Waals surface area contributed by atoms with Crippen LogP contribution in [0.4, 0.5) is 5.69 Å². The number of anilines is 1. The van der Waals surface area contributed by atoms with Gasteiger partial charge in [-0.15, -0.1) is 0 Å². The van der Waals surface area contributed by atoms with Crippen molar-refractivity contribution in [2.45, 2.75) is 19.3 Å². The van der Waals surface area contributed by atoms with E-state index >= 15 is 0 Å². The number of carbonyl (C=O) groups is 1. The standard InChI is InChI=1S/C12H15NO2.H2N3/c14-12(15)10-6-2-3-7-11(10)13-8-4-1-5-9-13;1-3-2/h2-3,6-7H,1,4-5,8-9H2,(H,14,15);1-2H/q;+1. The van der Waals surface area contributed by atoms with Crippen molar-refractivity contribution in [1.29, 1.82) is 11.1 Å². The molecule has 6 nitrogen and oxygen atoms in total. The van der Waals surface area contributed by atoms with Crippen LogP contribution in [0, 0.1) is 11.1 Å². The molecule has 3 N–H and O–H groups in total. The molecular formula is C12H17N4O2+. The quantitative estimate of drug-likeness (QED) is 0.554. The summed E-state index contributed by atoms with van der Waals surface area (Å²) in [6.07, 6.45) is 3.58. The van der Waals surface area contributed by atoms with Crippen molar-refractivity contribution in [2.75, 3.05) is 18.0 Å². The highest BCUT2D eigenvalue weighted by molar-refractivity contribution is 5.94. The molecule has 1 heterocycles. The summed E-state index contributed by atoms with van der Waals surface area (Å²) in [5.74, 6) is -0.837. The maximum Gasteiger partial charge on any atom is 0.337 e. The van der Waals surface area contributed by atoms with Crippen molar-refractivity contribution in [2.24, 2.45) is 0 Å². The molecule has 0 saturated carbocycles. The number of nitrogens with zero attached hydrogens (tertiary/aromatic N) is 2. The van der Waals surface area contributed by atoms with E-state index in [-0.39, 0.29) is 0 Å². The zero-order valence-electron chi connectivity index (χ0n) is 10.1. The fraction of sp³-hybridized carbons (Fsp3) is 0.417. The predicted octanol–water partition coefficient (Wildman–Crippen LogP) is 2.49. The minimum Gasteiger partial charge on any atom is -0.478 e. The van der Waals surface area contributed by atoms with E-state index in [1.165, 1.54) is 6.42 Å². The third kappa shape index (κ3) is 3.68. The Morgan fingerprint density at radius 3 is 2.28 bits per heavy atom. The van der Waals surface area contributed by atoms with E-state index in [9.17, 15) is 4.79 Å². The van der Waals surface area contributed by atoms with Crippen LogP contribution in [-0.4, -0.2) is 24.2 Å². The molecule has 0 amide bonds. The fourth-order valence-corrected chi connectivity index (χ4v) is 2.07. The molecule has 0 aromatic heterocycles. The minimum absolute atomic E-state index is 0.416. The van der Waals surface area contributed by atoms with E-state index in [1.54, 1.807) is 12.1 Å². The Labute approximate surface area is 105 Å². The van der Waals surface area contributed by atoms with Crippen LogP contribution in [0.2, 0.25) is 0 Å². The molecule has 18 heavy (non-hydrogen) atoms. The van der Waals surface area contributed by atoms with Crippen molar-refractivity contribution >= 4 is 11.7 Å². The van der Waals surface area contributed by atoms with Gasteiger partial charge in [0.2, 0.25) is 4.91 Å². The number of nitrogens with one attached hydrogen (secondary N) is 2. The Bertz CT molecular complexity index is 435. The molecule has 0 bridgehead atoms. The normalized spacial score (nSPS) is 14.1. The van der Waals surface area contributed by atoms with Gasteiger partial charge in [-0.25, -0.2) is 4.79 Å². The first kappa shape index (κ1) is 13.9. The van der Waals surface area contributed by atoms with E-state index in [0.29, 0.717) is 5.56 Å². The lowest BCUT2D eigenvalue weighted by Gasteiger charge is -2.29. The van der Waals surface area contributed by atoms with Crippen LogP contribution in [0.3, 0.4) is 0 Å². The lowest BCUT2D eigenvalue weighted by molar-refractivity contribution is 0.0697. The SMILES string of the molecule is N=[N+]=N.O=C(O)c1ccccc1N1CCCCC1. The van der Waals surface area contributed by atoms with Crippen molar-refractivity contribution < 1.29 is 9.90 Å². The van der Waals surface area contributed by atoms with Crippen molar-refractivity contribution in [3.05, 3.63) is 29.8 Å². The van der Waals surface area contributed by atoms with Gasteiger partial charge in [-0.3, -0.25) is 0 Å². The fourth-order valence-electron chi connectivity index (χ4n) is 2.07. The van der Waals surface area contributed by atoms with Crippen molar-refractivity contribution in [3.63, 3.8) is 0 Å². The maximum atomic E-state index is 11.0. The van der Waals surface area contributed by atoms with Crippen LogP contribution in [-0.2, 0) is 0 Å². The second-order valence-electron chi connectivity index (χ2n) is 3.98. The number of aromatic carboxylic acids is 1. The lowest BCUT2D eigenvalue weighted by atomic mass is 10.1. The average molecular weight is 249 g/mol. The molecule has 1 aliphatic heterocycles. The van der Waals surface area contributed by atoms with E-state index in [4.69, 9.17) is 16.2 Å². The molecule has 1 saturated heterocycles. The van der Waals surface area contributed by atoms with Gasteiger partial charge in [-0.2, -0.15) is 0 Å². The number of piperidine rings is 1. The number of hydrogen-bond donors (Lipinski definition) is 3. The van der Waals surface area contributed by atoms with Gasteiger partial charge in [0.05, 0.1) is 11.3 Å². The van der Waals surface area contributed by atoms with Crippen LogP contribution in [0.1, 0.15) is 29.6 Å². The molecule has 0 atom stereocenters. The third-order valence-corrected chi connectivity index (χ3v) is 2.83. The third-order valence-electron chi connectivity index (χ3n) is 2.83. The zero-order chi connectivity index (χ0) is 13.4. The predicted molar refractivity (Wildman–Crippen MR) is 67.0 cm³/mol. The van der Waals surface area contributed by atoms with E-state index < -0.39 is 5.97 Å². The smallest absolute Gasteiger partial charge is 0.337 e. The topological polar surface area (TPSA) is 102 Å². The molecule has 2 rings (SSSR count). The van der Waals surface area contributed by atoms with Gasteiger partial charge < -0.3 is 10.0 Å². The van der Waals surface area contributed by atoms with Gasteiger partial charge >= 0.3 is 5.97 Å². The zero-order valence-corrected chi connectivity index (χ0v) is 10.1. The number of rotatable bonds is 2. The summed E-state index contributed by atoms with van der Waals surface area (Å²) < 4.78 is 0. The van der Waals surface area contributed by atoms with E-state index in [2.05, 4.69) is 4.90 Å². The maximum absolute atomic E-state index is 11.0. The number of benzene rings is 1. The number of carboxylic acid groups (broad SMARTS) is 1. The summed E-state index contributed by atoms with van der Waals surface area (Å²) in [5.41, 5.74) is 12.3. The van der Waals surface area contributed by atoms with Crippen molar-refractivity contribution in [3.8, 4) is 0 Å². The largest absolute Gasteiger partial charge is 0.478 e. The first-order valence-electron chi connectivity index (χ1n) is 5.81. The van der Waals surface area contributed by atoms with Crippen LogP contribution >= 0.6 is 0 Å². The Morgan fingerprint density at radius 1 is 1.17 bits per heavy atom. The van der Waals surface area contributed by atoms with Crippen molar-refractivity contribution in [1.82, 2.24) is 4.91 Å². The van der Waals surface area contributed by atoms with Gasteiger partial charge in [0.25, 0.3) is 0 Å². The Hall–Kier alpha value is -2.20. The number of hydrogen-bond acceptors (Lipinski definition) is 4.